The molecule has 1 aromatic heterocycles. The molecule has 11 heteroatoms. The SMILES string of the molecule is Cc1ccc(S(=O)(=O)NC(C)(C)C)cc1Nc1nc(Nc2ccc(OCCN3CCCC3)cc2)ncc1N. The first-order chi connectivity index (χ1) is 18.0. The van der Waals surface area contributed by atoms with E-state index in [1.54, 1.807) is 39.0 Å². The van der Waals surface area contributed by atoms with Crippen molar-refractivity contribution in [2.75, 3.05) is 42.6 Å². The standard InChI is InChI=1S/C27H37N7O3S/c1-19-7-12-22(38(35,36)33-27(2,3)4)17-24(19)31-25-23(28)18-29-26(32-25)30-20-8-10-21(11-9-20)37-16-15-34-13-5-6-14-34/h7-12,17-18,33H,5-6,13-16,28H2,1-4H3,(H2,29,30,31,32). The Kier molecular flexibility index (Phi) is 8.39. The second-order valence-electron chi connectivity index (χ2n) is 10.5. The number of hydrogen-bond donors (Lipinski definition) is 4. The summed E-state index contributed by atoms with van der Waals surface area (Å²) in [5.74, 6) is 1.52. The van der Waals surface area contributed by atoms with Gasteiger partial charge in [-0.3, -0.25) is 4.90 Å². The molecule has 0 saturated carbocycles. The molecule has 0 spiro atoms. The number of rotatable bonds is 10. The Morgan fingerprint density at radius 2 is 1.76 bits per heavy atom. The number of nitrogens with one attached hydrogen (secondary N) is 3. The lowest BCUT2D eigenvalue weighted by atomic mass is 10.1. The molecule has 1 aliphatic heterocycles. The Labute approximate surface area is 225 Å². The van der Waals surface area contributed by atoms with Crippen LogP contribution in [0.2, 0.25) is 0 Å². The second-order valence-corrected chi connectivity index (χ2v) is 12.2. The van der Waals surface area contributed by atoms with E-state index in [9.17, 15) is 8.42 Å². The van der Waals surface area contributed by atoms with E-state index in [-0.39, 0.29) is 4.90 Å². The maximum Gasteiger partial charge on any atom is 0.241 e. The zero-order valence-electron chi connectivity index (χ0n) is 22.4. The van der Waals surface area contributed by atoms with Crippen LogP contribution in [-0.2, 0) is 10.0 Å². The summed E-state index contributed by atoms with van der Waals surface area (Å²) in [4.78, 5) is 11.4. The first-order valence-corrected chi connectivity index (χ1v) is 14.2. The Hall–Kier alpha value is -3.41. The molecule has 1 aliphatic rings. The van der Waals surface area contributed by atoms with Crippen LogP contribution in [-0.4, -0.2) is 55.1 Å². The highest BCUT2D eigenvalue weighted by atomic mass is 32.2. The molecule has 0 radical (unpaired) electrons. The molecule has 2 heterocycles. The molecule has 38 heavy (non-hydrogen) atoms. The summed E-state index contributed by atoms with van der Waals surface area (Å²) in [6.45, 7) is 11.2. The summed E-state index contributed by atoms with van der Waals surface area (Å²) in [6, 6.07) is 12.5. The lowest BCUT2D eigenvalue weighted by Crippen LogP contribution is -2.40. The first-order valence-electron chi connectivity index (χ1n) is 12.7. The summed E-state index contributed by atoms with van der Waals surface area (Å²) in [6.07, 6.45) is 4.05. The fraction of sp³-hybridized carbons (Fsp3) is 0.407. The maximum atomic E-state index is 12.8. The number of sulfonamides is 1. The van der Waals surface area contributed by atoms with Crippen molar-refractivity contribution in [3.8, 4) is 5.75 Å². The van der Waals surface area contributed by atoms with Crippen LogP contribution in [0.1, 0.15) is 39.2 Å². The van der Waals surface area contributed by atoms with Crippen LogP contribution in [0.4, 0.5) is 28.8 Å². The molecule has 4 rings (SSSR count). The van der Waals surface area contributed by atoms with Crippen LogP contribution in [0.5, 0.6) is 5.75 Å². The minimum absolute atomic E-state index is 0.147. The number of nitrogen functional groups attached to an aromatic ring is 1. The summed E-state index contributed by atoms with van der Waals surface area (Å²) >= 11 is 0. The largest absolute Gasteiger partial charge is 0.492 e. The number of likely N-dealkylation sites (tertiary alicyclic amines) is 1. The topological polar surface area (TPSA) is 134 Å². The van der Waals surface area contributed by atoms with Gasteiger partial charge in [-0.1, -0.05) is 6.07 Å². The van der Waals surface area contributed by atoms with Crippen LogP contribution in [0, 0.1) is 6.92 Å². The third-order valence-electron chi connectivity index (χ3n) is 6.02. The fourth-order valence-electron chi connectivity index (χ4n) is 4.11. The lowest BCUT2D eigenvalue weighted by molar-refractivity contribution is 0.238. The number of aryl methyl sites for hydroxylation is 1. The lowest BCUT2D eigenvalue weighted by Gasteiger charge is -2.21. The van der Waals surface area contributed by atoms with Gasteiger partial charge in [-0.2, -0.15) is 4.98 Å². The maximum absolute atomic E-state index is 12.8. The van der Waals surface area contributed by atoms with E-state index >= 15 is 0 Å². The number of aromatic nitrogens is 2. The van der Waals surface area contributed by atoms with Crippen molar-refractivity contribution in [1.82, 2.24) is 19.6 Å². The monoisotopic (exact) mass is 539 g/mol. The highest BCUT2D eigenvalue weighted by Crippen LogP contribution is 2.28. The van der Waals surface area contributed by atoms with Crippen molar-refractivity contribution in [2.45, 2.75) is 51.0 Å². The number of nitrogens with two attached hydrogens (primary N) is 1. The van der Waals surface area contributed by atoms with Gasteiger partial charge < -0.3 is 21.1 Å². The molecular weight excluding hydrogens is 502 g/mol. The Balaban J connectivity index is 1.43. The van der Waals surface area contributed by atoms with Crippen LogP contribution in [0.3, 0.4) is 0 Å². The van der Waals surface area contributed by atoms with Crippen molar-refractivity contribution in [3.63, 3.8) is 0 Å². The third kappa shape index (κ3) is 7.56. The summed E-state index contributed by atoms with van der Waals surface area (Å²) < 4.78 is 34.2. The Morgan fingerprint density at radius 1 is 1.05 bits per heavy atom. The van der Waals surface area contributed by atoms with Gasteiger partial charge in [0, 0.05) is 23.5 Å². The Morgan fingerprint density at radius 3 is 2.45 bits per heavy atom. The zero-order chi connectivity index (χ0) is 27.3. The zero-order valence-corrected chi connectivity index (χ0v) is 23.2. The van der Waals surface area contributed by atoms with E-state index in [1.807, 2.05) is 31.2 Å². The summed E-state index contributed by atoms with van der Waals surface area (Å²) in [5, 5.41) is 6.34. The van der Waals surface area contributed by atoms with Gasteiger partial charge in [0.15, 0.2) is 5.82 Å². The number of benzene rings is 2. The summed E-state index contributed by atoms with van der Waals surface area (Å²) in [7, 11) is -3.70. The number of ether oxygens (including phenoxy) is 1. The van der Waals surface area contributed by atoms with Gasteiger partial charge in [0.05, 0.1) is 16.8 Å². The van der Waals surface area contributed by atoms with Gasteiger partial charge in [-0.05, 0) is 95.6 Å². The third-order valence-corrected chi connectivity index (χ3v) is 7.77. The summed E-state index contributed by atoms with van der Waals surface area (Å²) in [5.41, 5.74) is 8.07. The molecule has 0 unspecified atom stereocenters. The average Bonchev–Trinajstić information content (AvgIpc) is 3.36. The van der Waals surface area contributed by atoms with Crippen molar-refractivity contribution in [3.05, 3.63) is 54.2 Å². The molecule has 204 valence electrons. The van der Waals surface area contributed by atoms with Gasteiger partial charge in [-0.15, -0.1) is 0 Å². The van der Waals surface area contributed by atoms with Crippen molar-refractivity contribution < 1.29 is 13.2 Å². The fourth-order valence-corrected chi connectivity index (χ4v) is 5.55. The molecule has 0 bridgehead atoms. The van der Waals surface area contributed by atoms with Crippen molar-refractivity contribution >= 4 is 38.9 Å². The molecule has 5 N–H and O–H groups in total. The van der Waals surface area contributed by atoms with Crippen molar-refractivity contribution in [1.29, 1.82) is 0 Å². The van der Waals surface area contributed by atoms with Gasteiger partial charge >= 0.3 is 0 Å². The van der Waals surface area contributed by atoms with E-state index in [4.69, 9.17) is 10.5 Å². The van der Waals surface area contributed by atoms with E-state index in [0.717, 1.165) is 36.6 Å². The highest BCUT2D eigenvalue weighted by molar-refractivity contribution is 7.89. The van der Waals surface area contributed by atoms with Crippen LogP contribution in [0.15, 0.2) is 53.6 Å². The molecule has 0 amide bonds. The molecule has 0 atom stereocenters. The van der Waals surface area contributed by atoms with Crippen molar-refractivity contribution in [2.24, 2.45) is 0 Å². The predicted octanol–water partition coefficient (Wildman–Crippen LogP) is 4.41. The molecule has 3 aromatic rings. The minimum Gasteiger partial charge on any atom is -0.492 e. The molecule has 10 nitrogen and oxygen atoms in total. The van der Waals surface area contributed by atoms with Crippen LogP contribution < -0.4 is 25.8 Å². The number of nitrogens with zero attached hydrogens (tertiary/aromatic N) is 3. The van der Waals surface area contributed by atoms with Gasteiger partial charge in [0.25, 0.3) is 0 Å². The molecule has 2 aromatic carbocycles. The van der Waals surface area contributed by atoms with E-state index in [1.165, 1.54) is 19.0 Å². The smallest absolute Gasteiger partial charge is 0.241 e. The minimum atomic E-state index is -3.70. The van der Waals surface area contributed by atoms with E-state index in [0.29, 0.717) is 29.7 Å². The van der Waals surface area contributed by atoms with E-state index < -0.39 is 15.6 Å². The first kappa shape index (κ1) is 27.6. The number of hydrogen-bond acceptors (Lipinski definition) is 9. The van der Waals surface area contributed by atoms with Gasteiger partial charge in [0.2, 0.25) is 16.0 Å². The molecular formula is C27H37N7O3S. The highest BCUT2D eigenvalue weighted by Gasteiger charge is 2.23. The Bertz CT molecular complexity index is 1350. The second kappa shape index (κ2) is 11.5. The number of anilines is 5. The molecule has 0 aliphatic carbocycles. The van der Waals surface area contributed by atoms with Gasteiger partial charge in [0.1, 0.15) is 12.4 Å². The molecule has 1 fully saturated rings. The van der Waals surface area contributed by atoms with Crippen LogP contribution >= 0.6 is 0 Å². The predicted molar refractivity (Wildman–Crippen MR) is 152 cm³/mol. The van der Waals surface area contributed by atoms with E-state index in [2.05, 4.69) is 30.2 Å². The normalized spacial score (nSPS) is 14.4. The van der Waals surface area contributed by atoms with Gasteiger partial charge in [-0.25, -0.2) is 18.1 Å². The average molecular weight is 540 g/mol. The molecule has 1 saturated heterocycles. The van der Waals surface area contributed by atoms with Crippen LogP contribution in [0.25, 0.3) is 0 Å². The quantitative estimate of drug-likeness (QED) is 0.296.